The molecule has 1 fully saturated rings. The number of amides is 1. The molecule has 2 rings (SSSR count). The molecular formula is C18H25NO6. The van der Waals surface area contributed by atoms with Crippen molar-refractivity contribution in [3.8, 4) is 11.5 Å². The van der Waals surface area contributed by atoms with Gasteiger partial charge in [-0.05, 0) is 38.5 Å². The quantitative estimate of drug-likeness (QED) is 0.773. The SMILES string of the molecule is CCOc1ccc(C(=O)N2CC(OC)CC2CC(=O)O)cc1OCC. The molecule has 1 saturated heterocycles. The zero-order chi connectivity index (χ0) is 18.4. The third-order valence-corrected chi connectivity index (χ3v) is 4.17. The Hall–Kier alpha value is -2.28. The minimum Gasteiger partial charge on any atom is -0.490 e. The highest BCUT2D eigenvalue weighted by Gasteiger charge is 2.37. The van der Waals surface area contributed by atoms with Gasteiger partial charge in [0.2, 0.25) is 0 Å². The summed E-state index contributed by atoms with van der Waals surface area (Å²) < 4.78 is 16.4. The molecule has 0 spiro atoms. The van der Waals surface area contributed by atoms with Crippen molar-refractivity contribution < 1.29 is 28.9 Å². The summed E-state index contributed by atoms with van der Waals surface area (Å²) >= 11 is 0. The maximum atomic E-state index is 12.9. The van der Waals surface area contributed by atoms with Gasteiger partial charge < -0.3 is 24.2 Å². The first-order valence-electron chi connectivity index (χ1n) is 8.45. The number of nitrogens with zero attached hydrogens (tertiary/aromatic N) is 1. The molecule has 0 saturated carbocycles. The van der Waals surface area contributed by atoms with E-state index < -0.39 is 5.97 Å². The zero-order valence-corrected chi connectivity index (χ0v) is 14.9. The first kappa shape index (κ1) is 19.1. The van der Waals surface area contributed by atoms with Crippen molar-refractivity contribution >= 4 is 11.9 Å². The Labute approximate surface area is 147 Å². The highest BCUT2D eigenvalue weighted by Crippen LogP contribution is 2.31. The Morgan fingerprint density at radius 2 is 1.88 bits per heavy atom. The molecule has 7 nitrogen and oxygen atoms in total. The predicted molar refractivity (Wildman–Crippen MR) is 91.3 cm³/mol. The number of likely N-dealkylation sites (tertiary alicyclic amines) is 1. The fourth-order valence-corrected chi connectivity index (χ4v) is 3.04. The Kier molecular flexibility index (Phi) is 6.64. The number of carbonyl (C=O) groups excluding carboxylic acids is 1. The van der Waals surface area contributed by atoms with Gasteiger partial charge in [0.1, 0.15) is 0 Å². The minimum atomic E-state index is -0.929. The molecule has 0 bridgehead atoms. The van der Waals surface area contributed by atoms with Crippen molar-refractivity contribution in [1.82, 2.24) is 4.90 Å². The van der Waals surface area contributed by atoms with Crippen molar-refractivity contribution in [2.75, 3.05) is 26.9 Å². The molecule has 2 unspecified atom stereocenters. The second-order valence-corrected chi connectivity index (χ2v) is 5.83. The number of benzene rings is 1. The van der Waals surface area contributed by atoms with Gasteiger partial charge >= 0.3 is 5.97 Å². The fraction of sp³-hybridized carbons (Fsp3) is 0.556. The number of hydrogen-bond donors (Lipinski definition) is 1. The molecule has 1 aliphatic rings. The van der Waals surface area contributed by atoms with Crippen LogP contribution in [-0.2, 0) is 9.53 Å². The number of aliphatic carboxylic acids is 1. The van der Waals surface area contributed by atoms with E-state index in [4.69, 9.17) is 19.3 Å². The minimum absolute atomic E-state index is 0.0963. The molecule has 1 aromatic carbocycles. The van der Waals surface area contributed by atoms with E-state index in [1.807, 2.05) is 13.8 Å². The van der Waals surface area contributed by atoms with Crippen LogP contribution in [0.2, 0.25) is 0 Å². The lowest BCUT2D eigenvalue weighted by Crippen LogP contribution is -2.37. The third kappa shape index (κ3) is 4.63. The predicted octanol–water partition coefficient (Wildman–Crippen LogP) is 2.19. The lowest BCUT2D eigenvalue weighted by molar-refractivity contribution is -0.138. The molecule has 138 valence electrons. The number of rotatable bonds is 8. The number of hydrogen-bond acceptors (Lipinski definition) is 5. The maximum absolute atomic E-state index is 12.9. The standard InChI is InChI=1S/C18H25NO6/c1-4-24-15-7-6-12(8-16(15)25-5-2)18(22)19-11-14(23-3)9-13(19)10-17(20)21/h6-8,13-14H,4-5,9-11H2,1-3H3,(H,20,21). The highest BCUT2D eigenvalue weighted by atomic mass is 16.5. The summed E-state index contributed by atoms with van der Waals surface area (Å²) in [5.74, 6) is -0.0669. The van der Waals surface area contributed by atoms with Gasteiger partial charge in [-0.1, -0.05) is 0 Å². The van der Waals surface area contributed by atoms with E-state index in [-0.39, 0.29) is 24.5 Å². The Morgan fingerprint density at radius 1 is 1.20 bits per heavy atom. The third-order valence-electron chi connectivity index (χ3n) is 4.17. The van der Waals surface area contributed by atoms with Crippen LogP contribution in [0, 0.1) is 0 Å². The summed E-state index contributed by atoms with van der Waals surface area (Å²) in [6.07, 6.45) is 0.271. The average Bonchev–Trinajstić information content (AvgIpc) is 2.98. The van der Waals surface area contributed by atoms with E-state index in [1.165, 1.54) is 0 Å². The number of carboxylic acids is 1. The van der Waals surface area contributed by atoms with Gasteiger partial charge in [-0.2, -0.15) is 0 Å². The molecule has 1 heterocycles. The molecule has 1 aromatic rings. The molecule has 1 amide bonds. The van der Waals surface area contributed by atoms with Crippen molar-refractivity contribution in [3.63, 3.8) is 0 Å². The number of methoxy groups -OCH3 is 1. The van der Waals surface area contributed by atoms with Gasteiger partial charge in [0.05, 0.1) is 25.7 Å². The summed E-state index contributed by atoms with van der Waals surface area (Å²) in [5.41, 5.74) is 0.444. The largest absolute Gasteiger partial charge is 0.490 e. The molecule has 0 aromatic heterocycles. The van der Waals surface area contributed by atoms with Gasteiger partial charge in [0.25, 0.3) is 5.91 Å². The van der Waals surface area contributed by atoms with Crippen molar-refractivity contribution in [1.29, 1.82) is 0 Å². The average molecular weight is 351 g/mol. The number of ether oxygens (including phenoxy) is 3. The summed E-state index contributed by atoms with van der Waals surface area (Å²) in [4.78, 5) is 25.6. The number of carbonyl (C=O) groups is 2. The summed E-state index contributed by atoms with van der Waals surface area (Å²) in [6, 6.07) is 4.65. The zero-order valence-electron chi connectivity index (χ0n) is 14.9. The Morgan fingerprint density at radius 3 is 2.48 bits per heavy atom. The van der Waals surface area contributed by atoms with Gasteiger partial charge in [0, 0.05) is 25.3 Å². The molecule has 1 N–H and O–H groups in total. The van der Waals surface area contributed by atoms with Gasteiger partial charge in [-0.3, -0.25) is 9.59 Å². The molecule has 0 radical (unpaired) electrons. The monoisotopic (exact) mass is 351 g/mol. The van der Waals surface area contributed by atoms with Crippen LogP contribution >= 0.6 is 0 Å². The lowest BCUT2D eigenvalue weighted by atomic mass is 10.1. The highest BCUT2D eigenvalue weighted by molar-refractivity contribution is 5.95. The smallest absolute Gasteiger partial charge is 0.305 e. The molecule has 1 aliphatic heterocycles. The van der Waals surface area contributed by atoms with Crippen LogP contribution in [0.4, 0.5) is 0 Å². The maximum Gasteiger partial charge on any atom is 0.305 e. The van der Waals surface area contributed by atoms with Gasteiger partial charge in [-0.25, -0.2) is 0 Å². The van der Waals surface area contributed by atoms with E-state index in [9.17, 15) is 9.59 Å². The van der Waals surface area contributed by atoms with Crippen molar-refractivity contribution in [3.05, 3.63) is 23.8 Å². The van der Waals surface area contributed by atoms with Crippen LogP contribution in [-0.4, -0.2) is 60.9 Å². The van der Waals surface area contributed by atoms with E-state index >= 15 is 0 Å². The van der Waals surface area contributed by atoms with E-state index in [0.717, 1.165) is 0 Å². The first-order chi connectivity index (χ1) is 12.0. The first-order valence-corrected chi connectivity index (χ1v) is 8.45. The van der Waals surface area contributed by atoms with E-state index in [1.54, 1.807) is 30.2 Å². The molecule has 2 atom stereocenters. The van der Waals surface area contributed by atoms with Crippen LogP contribution in [0.15, 0.2) is 18.2 Å². The fourth-order valence-electron chi connectivity index (χ4n) is 3.04. The molecule has 0 aliphatic carbocycles. The van der Waals surface area contributed by atoms with Crippen LogP contribution in [0.1, 0.15) is 37.0 Å². The van der Waals surface area contributed by atoms with Crippen LogP contribution in [0.3, 0.4) is 0 Å². The molecule has 25 heavy (non-hydrogen) atoms. The van der Waals surface area contributed by atoms with E-state index in [0.29, 0.717) is 43.2 Å². The van der Waals surface area contributed by atoms with Crippen molar-refractivity contribution in [2.24, 2.45) is 0 Å². The summed E-state index contributed by atoms with van der Waals surface area (Å²) in [7, 11) is 1.57. The summed E-state index contributed by atoms with van der Waals surface area (Å²) in [6.45, 7) is 5.06. The van der Waals surface area contributed by atoms with Crippen LogP contribution < -0.4 is 9.47 Å². The topological polar surface area (TPSA) is 85.3 Å². The van der Waals surface area contributed by atoms with Crippen LogP contribution in [0.5, 0.6) is 11.5 Å². The van der Waals surface area contributed by atoms with Gasteiger partial charge in [-0.15, -0.1) is 0 Å². The Balaban J connectivity index is 2.25. The second kappa shape index (κ2) is 8.71. The lowest BCUT2D eigenvalue weighted by Gasteiger charge is -2.23. The second-order valence-electron chi connectivity index (χ2n) is 5.83. The summed E-state index contributed by atoms with van der Waals surface area (Å²) in [5, 5.41) is 9.10. The molecule has 7 heteroatoms. The molecular weight excluding hydrogens is 326 g/mol. The normalized spacial score (nSPS) is 19.7. The van der Waals surface area contributed by atoms with E-state index in [2.05, 4.69) is 0 Å². The van der Waals surface area contributed by atoms with Gasteiger partial charge in [0.15, 0.2) is 11.5 Å². The van der Waals surface area contributed by atoms with Crippen molar-refractivity contribution in [2.45, 2.75) is 38.8 Å². The number of carboxylic acid groups (broad SMARTS) is 1. The van der Waals surface area contributed by atoms with Crippen LogP contribution in [0.25, 0.3) is 0 Å². The Bertz CT molecular complexity index is 618.